The average Bonchev–Trinajstić information content (AvgIpc) is 3.37. The Morgan fingerprint density at radius 1 is 0.963 bits per heavy atom. The molecule has 0 atom stereocenters. The van der Waals surface area contributed by atoms with Crippen LogP contribution >= 0.6 is 0 Å². The first kappa shape index (κ1) is 20.0. The van der Waals surface area contributed by atoms with Crippen LogP contribution in [0, 0.1) is 10.1 Å². The Morgan fingerprint density at radius 3 is 2.15 bits per heavy atom. The molecule has 142 valence electrons. The van der Waals surface area contributed by atoms with Gasteiger partial charge in [-0.2, -0.15) is 12.1 Å². The van der Waals surface area contributed by atoms with E-state index in [9.17, 15) is 10.1 Å². The van der Waals surface area contributed by atoms with Crippen LogP contribution in [0.1, 0.15) is 0 Å². The third-order valence-electron chi connectivity index (χ3n) is 3.63. The molecule has 0 bridgehead atoms. The van der Waals surface area contributed by atoms with Gasteiger partial charge in [0.05, 0.1) is 10.5 Å². The van der Waals surface area contributed by atoms with Gasteiger partial charge in [0.1, 0.15) is 0 Å². The Kier molecular flexibility index (Phi) is 7.00. The second-order valence-corrected chi connectivity index (χ2v) is 5.41. The van der Waals surface area contributed by atoms with Gasteiger partial charge >= 0.3 is 0 Å². The standard InChI is InChI=1S/C15H11N4O2.C5H5.Fe/c16-15-17-12(10-5-1-2-6-10)9-13(18-15)11-7-3-4-8-14(11)19(20)21;1-2-4-5-3-1;/h1-9H,(H2,16,17,18);1-5H;/q-1;-5;. The smallest absolute Gasteiger partial charge is 0.277 e. The molecule has 6 nitrogen and oxygen atoms in total. The number of nitrogens with zero attached hydrogens (tertiary/aromatic N) is 3. The summed E-state index contributed by atoms with van der Waals surface area (Å²) in [5.74, 6) is 0.0850. The number of rotatable bonds is 3. The van der Waals surface area contributed by atoms with Crippen molar-refractivity contribution in [3.8, 4) is 22.5 Å². The van der Waals surface area contributed by atoms with E-state index in [1.807, 2.05) is 54.6 Å². The van der Waals surface area contributed by atoms with Gasteiger partial charge in [0.25, 0.3) is 5.69 Å². The predicted octanol–water partition coefficient (Wildman–Crippen LogP) is 4.42. The van der Waals surface area contributed by atoms with Crippen molar-refractivity contribution in [2.45, 2.75) is 0 Å². The van der Waals surface area contributed by atoms with E-state index in [0.717, 1.165) is 5.56 Å². The summed E-state index contributed by atoms with van der Waals surface area (Å²) in [5.41, 5.74) is 8.12. The molecule has 0 spiro atoms. The molecule has 1 aromatic heterocycles. The van der Waals surface area contributed by atoms with E-state index in [0.29, 0.717) is 17.0 Å². The van der Waals surface area contributed by atoms with Gasteiger partial charge in [0.2, 0.25) is 5.95 Å². The van der Waals surface area contributed by atoms with Gasteiger partial charge in [-0.25, -0.2) is 9.97 Å². The van der Waals surface area contributed by atoms with Crippen LogP contribution in [-0.4, -0.2) is 14.9 Å². The number of nitro benzene ring substituents is 1. The largest absolute Gasteiger partial charge is 0.748 e. The molecule has 0 aliphatic carbocycles. The minimum absolute atomic E-state index is 0. The molecule has 4 rings (SSSR count). The van der Waals surface area contributed by atoms with Gasteiger partial charge in [0.15, 0.2) is 0 Å². The number of nitro groups is 1. The Labute approximate surface area is 167 Å². The number of para-hydroxylation sites is 1. The molecule has 27 heavy (non-hydrogen) atoms. The monoisotopic (exact) mass is 400 g/mol. The van der Waals surface area contributed by atoms with E-state index in [4.69, 9.17) is 5.73 Å². The third-order valence-corrected chi connectivity index (χ3v) is 3.63. The number of anilines is 1. The molecule has 0 amide bonds. The van der Waals surface area contributed by atoms with Crippen molar-refractivity contribution >= 4 is 11.6 Å². The van der Waals surface area contributed by atoms with Crippen LogP contribution in [0.3, 0.4) is 0 Å². The molecule has 0 fully saturated rings. The average molecular weight is 400 g/mol. The fourth-order valence-electron chi connectivity index (χ4n) is 2.47. The summed E-state index contributed by atoms with van der Waals surface area (Å²) < 4.78 is 0. The Balaban J connectivity index is 0.000000379. The molecule has 0 saturated carbocycles. The minimum atomic E-state index is -0.435. The first-order chi connectivity index (χ1) is 12.6. The fraction of sp³-hybridized carbons (Fsp3) is 0. The summed E-state index contributed by atoms with van der Waals surface area (Å²) in [7, 11) is 0. The number of hydrogen-bond donors (Lipinski definition) is 1. The van der Waals surface area contributed by atoms with E-state index in [1.165, 1.54) is 6.07 Å². The van der Waals surface area contributed by atoms with E-state index in [1.54, 1.807) is 24.3 Å². The van der Waals surface area contributed by atoms with Crippen molar-refractivity contribution in [3.05, 3.63) is 95.0 Å². The summed E-state index contributed by atoms with van der Waals surface area (Å²) in [6, 6.07) is 25.7. The van der Waals surface area contributed by atoms with Crippen LogP contribution in [0.15, 0.2) is 84.9 Å². The molecule has 2 N–H and O–H groups in total. The van der Waals surface area contributed by atoms with Gasteiger partial charge in [-0.3, -0.25) is 10.1 Å². The summed E-state index contributed by atoms with van der Waals surface area (Å²) in [6.07, 6.45) is 0. The minimum Gasteiger partial charge on any atom is -0.748 e. The van der Waals surface area contributed by atoms with Gasteiger partial charge in [-0.15, -0.1) is 12.1 Å². The molecule has 0 saturated heterocycles. The molecule has 0 aliphatic rings. The zero-order valence-electron chi connectivity index (χ0n) is 14.2. The number of aromatic nitrogens is 2. The molecule has 3 aromatic carbocycles. The Hall–Kier alpha value is -3.28. The van der Waals surface area contributed by atoms with Crippen molar-refractivity contribution < 1.29 is 22.0 Å². The third kappa shape index (κ3) is 5.10. The molecule has 0 aliphatic heterocycles. The second kappa shape index (κ2) is 9.43. The summed E-state index contributed by atoms with van der Waals surface area (Å²) in [6.45, 7) is 0. The number of nitrogen functional groups attached to an aromatic ring is 1. The topological polar surface area (TPSA) is 94.9 Å². The molecule has 1 heterocycles. The first-order valence-electron chi connectivity index (χ1n) is 7.92. The zero-order chi connectivity index (χ0) is 18.4. The van der Waals surface area contributed by atoms with Gasteiger partial charge in [-0.05, 0) is 11.8 Å². The zero-order valence-corrected chi connectivity index (χ0v) is 15.3. The Bertz CT molecular complexity index is 966. The van der Waals surface area contributed by atoms with Gasteiger partial charge in [-0.1, -0.05) is 23.8 Å². The molecule has 4 aromatic rings. The Morgan fingerprint density at radius 2 is 1.56 bits per heavy atom. The quantitative estimate of drug-likeness (QED) is 0.238. The summed E-state index contributed by atoms with van der Waals surface area (Å²) >= 11 is 0. The van der Waals surface area contributed by atoms with Crippen molar-refractivity contribution in [3.63, 3.8) is 0 Å². The molecule has 0 unspecified atom stereocenters. The van der Waals surface area contributed by atoms with Crippen LogP contribution in [0.2, 0.25) is 0 Å². The molecular formula is C20H16FeN4O2-6. The SMILES string of the molecule is Nc1nc(-c2ccccc2[N+](=O)[O-])cc(-[c-]2cccc2)n1.[Fe].[cH-]1[cH-][cH-][cH-][cH-]1. The number of benzene rings is 1. The normalized spacial score (nSPS) is 9.63. The van der Waals surface area contributed by atoms with Gasteiger partial charge in [0, 0.05) is 28.8 Å². The number of hydrogen-bond acceptors (Lipinski definition) is 5. The van der Waals surface area contributed by atoms with Crippen molar-refractivity contribution in [1.82, 2.24) is 9.97 Å². The fourth-order valence-corrected chi connectivity index (χ4v) is 2.47. The van der Waals surface area contributed by atoms with Crippen LogP contribution in [-0.2, 0) is 17.1 Å². The molecule has 7 heteroatoms. The van der Waals surface area contributed by atoms with Crippen molar-refractivity contribution in [2.75, 3.05) is 5.73 Å². The van der Waals surface area contributed by atoms with E-state index >= 15 is 0 Å². The molecule has 0 radical (unpaired) electrons. The van der Waals surface area contributed by atoms with E-state index in [2.05, 4.69) is 9.97 Å². The first-order valence-corrected chi connectivity index (χ1v) is 7.92. The van der Waals surface area contributed by atoms with E-state index < -0.39 is 4.92 Å². The maximum atomic E-state index is 11.1. The molecular weight excluding hydrogens is 384 g/mol. The van der Waals surface area contributed by atoms with Crippen LogP contribution in [0.5, 0.6) is 0 Å². The summed E-state index contributed by atoms with van der Waals surface area (Å²) in [5, 5.41) is 11.1. The number of nitrogens with two attached hydrogens (primary N) is 1. The van der Waals surface area contributed by atoms with Gasteiger partial charge < -0.3 is 36.1 Å². The van der Waals surface area contributed by atoms with Crippen molar-refractivity contribution in [1.29, 1.82) is 0 Å². The van der Waals surface area contributed by atoms with Crippen LogP contribution in [0.25, 0.3) is 22.5 Å². The van der Waals surface area contributed by atoms with E-state index in [-0.39, 0.29) is 28.7 Å². The summed E-state index contributed by atoms with van der Waals surface area (Å²) in [4.78, 5) is 19.0. The van der Waals surface area contributed by atoms with Crippen LogP contribution in [0.4, 0.5) is 11.6 Å². The maximum absolute atomic E-state index is 11.1. The maximum Gasteiger partial charge on any atom is 0.277 e. The van der Waals surface area contributed by atoms with Crippen molar-refractivity contribution in [2.24, 2.45) is 0 Å². The second-order valence-electron chi connectivity index (χ2n) is 5.41. The van der Waals surface area contributed by atoms with Crippen LogP contribution < -0.4 is 5.73 Å². The predicted molar refractivity (Wildman–Crippen MR) is 102 cm³/mol.